The van der Waals surface area contributed by atoms with Crippen LogP contribution in [0.25, 0.3) is 11.8 Å². The molecule has 2 aliphatic rings. The number of hydrogen-bond donors (Lipinski definition) is 1. The van der Waals surface area contributed by atoms with Gasteiger partial charge in [-0.25, -0.2) is 9.07 Å². The van der Waals surface area contributed by atoms with Crippen LogP contribution in [0.4, 0.5) is 4.39 Å². The number of ether oxygens (including phenoxy) is 1. The largest absolute Gasteiger partial charge is 0.497 e. The molecule has 166 valence electrons. The molecule has 2 aliphatic carbocycles. The number of aromatic nitrogens is 2. The van der Waals surface area contributed by atoms with E-state index in [0.29, 0.717) is 6.42 Å². The second-order valence-electron chi connectivity index (χ2n) is 9.33. The van der Waals surface area contributed by atoms with E-state index in [1.807, 2.05) is 29.1 Å². The van der Waals surface area contributed by atoms with Gasteiger partial charge < -0.3 is 9.84 Å². The maximum Gasteiger partial charge on any atom is 0.123 e. The third-order valence-corrected chi connectivity index (χ3v) is 7.38. The van der Waals surface area contributed by atoms with Crippen LogP contribution >= 0.6 is 0 Å². The van der Waals surface area contributed by atoms with Gasteiger partial charge in [-0.2, -0.15) is 5.10 Å². The molecule has 3 unspecified atom stereocenters. The molecular weight excluding hydrogens is 403 g/mol. The first-order valence-electron chi connectivity index (χ1n) is 11.3. The number of aliphatic hydroxyl groups excluding tert-OH is 1. The predicted molar refractivity (Wildman–Crippen MR) is 123 cm³/mol. The summed E-state index contributed by atoms with van der Waals surface area (Å²) in [4.78, 5) is 0. The average Bonchev–Trinajstić information content (AvgIpc) is 3.19. The molecule has 1 fully saturated rings. The number of nitrogens with zero attached hydrogens (tertiary/aromatic N) is 2. The van der Waals surface area contributed by atoms with Gasteiger partial charge in [0.25, 0.3) is 0 Å². The second-order valence-corrected chi connectivity index (χ2v) is 9.33. The molecule has 0 radical (unpaired) electrons. The van der Waals surface area contributed by atoms with E-state index in [1.165, 1.54) is 23.3 Å². The molecule has 3 atom stereocenters. The molecule has 3 aromatic rings. The maximum atomic E-state index is 13.4. The van der Waals surface area contributed by atoms with Crippen LogP contribution in [-0.4, -0.2) is 28.1 Å². The van der Waals surface area contributed by atoms with Crippen LogP contribution in [0.2, 0.25) is 0 Å². The highest BCUT2D eigenvalue weighted by Gasteiger charge is 2.46. The van der Waals surface area contributed by atoms with Gasteiger partial charge in [0.1, 0.15) is 11.6 Å². The Kier molecular flexibility index (Phi) is 5.38. The molecule has 32 heavy (non-hydrogen) atoms. The Balaban J connectivity index is 1.44. The van der Waals surface area contributed by atoms with Gasteiger partial charge in [0.2, 0.25) is 0 Å². The smallest absolute Gasteiger partial charge is 0.123 e. The Hall–Kier alpha value is -2.92. The molecule has 0 aliphatic heterocycles. The minimum absolute atomic E-state index is 0.0970. The molecule has 5 heteroatoms. The zero-order chi connectivity index (χ0) is 22.3. The van der Waals surface area contributed by atoms with E-state index in [2.05, 4.69) is 24.2 Å². The molecule has 5 rings (SSSR count). The summed E-state index contributed by atoms with van der Waals surface area (Å²) >= 11 is 0. The quantitative estimate of drug-likeness (QED) is 0.590. The van der Waals surface area contributed by atoms with Crippen molar-refractivity contribution in [3.8, 4) is 11.4 Å². The van der Waals surface area contributed by atoms with E-state index in [-0.39, 0.29) is 17.2 Å². The molecule has 0 spiro atoms. The Bertz CT molecular complexity index is 1150. The van der Waals surface area contributed by atoms with Crippen molar-refractivity contribution >= 4 is 6.08 Å². The zero-order valence-electron chi connectivity index (χ0n) is 18.6. The van der Waals surface area contributed by atoms with Gasteiger partial charge in [0, 0.05) is 0 Å². The highest BCUT2D eigenvalue weighted by Crippen LogP contribution is 2.52. The van der Waals surface area contributed by atoms with Gasteiger partial charge in [-0.3, -0.25) is 0 Å². The topological polar surface area (TPSA) is 47.3 Å². The summed E-state index contributed by atoms with van der Waals surface area (Å²) in [6.07, 6.45) is 8.36. The first-order chi connectivity index (χ1) is 15.5. The Labute approximate surface area is 188 Å². The van der Waals surface area contributed by atoms with Gasteiger partial charge in [0.05, 0.1) is 30.8 Å². The van der Waals surface area contributed by atoms with Gasteiger partial charge in [-0.05, 0) is 97.0 Å². The fourth-order valence-electron chi connectivity index (χ4n) is 5.67. The monoisotopic (exact) mass is 432 g/mol. The minimum Gasteiger partial charge on any atom is -0.497 e. The molecule has 4 nitrogen and oxygen atoms in total. The predicted octanol–water partition coefficient (Wildman–Crippen LogP) is 5.37. The van der Waals surface area contributed by atoms with Crippen LogP contribution in [-0.2, 0) is 12.8 Å². The van der Waals surface area contributed by atoms with Gasteiger partial charge in [0.15, 0.2) is 0 Å². The number of aliphatic hydroxyl groups is 1. The van der Waals surface area contributed by atoms with Crippen molar-refractivity contribution < 1.29 is 14.2 Å². The van der Waals surface area contributed by atoms with Crippen molar-refractivity contribution in [1.29, 1.82) is 0 Å². The summed E-state index contributed by atoms with van der Waals surface area (Å²) in [5.41, 5.74) is 5.50. The van der Waals surface area contributed by atoms with Crippen molar-refractivity contribution in [2.75, 3.05) is 7.11 Å². The number of allylic oxidation sites excluding steroid dienone is 1. The van der Waals surface area contributed by atoms with E-state index < -0.39 is 6.10 Å². The second kappa shape index (κ2) is 8.21. The number of rotatable bonds is 5. The molecule has 0 bridgehead atoms. The van der Waals surface area contributed by atoms with E-state index in [1.54, 1.807) is 19.2 Å². The number of halogens is 1. The summed E-state index contributed by atoms with van der Waals surface area (Å²) in [5.74, 6) is 0.748. The summed E-state index contributed by atoms with van der Waals surface area (Å²) in [6, 6.07) is 14.4. The lowest BCUT2D eigenvalue weighted by Gasteiger charge is -2.47. The highest BCUT2D eigenvalue weighted by molar-refractivity contribution is 5.61. The number of methoxy groups -OCH3 is 1. The molecule has 2 aromatic carbocycles. The van der Waals surface area contributed by atoms with E-state index in [9.17, 15) is 9.50 Å². The molecule has 0 amide bonds. The number of hydrogen-bond acceptors (Lipinski definition) is 3. The first-order valence-corrected chi connectivity index (χ1v) is 11.3. The Morgan fingerprint density at radius 3 is 2.84 bits per heavy atom. The molecule has 0 saturated heterocycles. The lowest BCUT2D eigenvalue weighted by Crippen LogP contribution is -2.43. The van der Waals surface area contributed by atoms with Crippen LogP contribution in [0.5, 0.6) is 5.75 Å². The van der Waals surface area contributed by atoms with E-state index >= 15 is 0 Å². The summed E-state index contributed by atoms with van der Waals surface area (Å²) in [6.45, 7) is 2.30. The van der Waals surface area contributed by atoms with Crippen LogP contribution in [0.3, 0.4) is 0 Å². The molecular formula is C27H29FN2O2. The Morgan fingerprint density at radius 2 is 2.06 bits per heavy atom. The third kappa shape index (κ3) is 3.65. The highest BCUT2D eigenvalue weighted by atomic mass is 19.1. The number of fused-ring (bicyclic) bond motifs is 2. The van der Waals surface area contributed by atoms with Gasteiger partial charge >= 0.3 is 0 Å². The lowest BCUT2D eigenvalue weighted by molar-refractivity contribution is 0.0234. The lowest BCUT2D eigenvalue weighted by atomic mass is 9.58. The van der Waals surface area contributed by atoms with E-state index in [4.69, 9.17) is 4.74 Å². The van der Waals surface area contributed by atoms with Crippen molar-refractivity contribution in [3.05, 3.63) is 82.9 Å². The maximum absolute atomic E-state index is 13.4. The fraction of sp³-hybridized carbons (Fsp3) is 0.370. The van der Waals surface area contributed by atoms with E-state index in [0.717, 1.165) is 48.4 Å². The molecule has 1 heterocycles. The van der Waals surface area contributed by atoms with Gasteiger partial charge in [-0.1, -0.05) is 24.6 Å². The zero-order valence-corrected chi connectivity index (χ0v) is 18.6. The normalized spacial score (nSPS) is 23.1. The summed E-state index contributed by atoms with van der Waals surface area (Å²) in [7, 11) is 1.67. The standard InChI is InChI=1S/C27H29FN2O2/c1-27-16-19-17-29-30(22-11-9-21(28)10-12-22)25(19)15-20(27)6-4-8-24(27)26(31)14-18-5-3-7-23(13-18)32-2/h3,5,7,9-13,15,17,24,26,31H,4,6,8,14,16H2,1-2H3. The SMILES string of the molecule is COc1cccc(CC(O)C2CCCC3=Cc4c(cnn4-c4ccc(F)cc4)CC32C)c1. The van der Waals surface area contributed by atoms with Gasteiger partial charge in [-0.15, -0.1) is 0 Å². The number of benzene rings is 2. The minimum atomic E-state index is -0.426. The molecule has 1 N–H and O–H groups in total. The van der Waals surface area contributed by atoms with Crippen LogP contribution in [0.15, 0.2) is 60.3 Å². The summed E-state index contributed by atoms with van der Waals surface area (Å²) in [5, 5.41) is 15.9. The van der Waals surface area contributed by atoms with Crippen molar-refractivity contribution in [1.82, 2.24) is 9.78 Å². The molecule has 1 saturated carbocycles. The summed E-state index contributed by atoms with van der Waals surface area (Å²) < 4.78 is 20.6. The van der Waals surface area contributed by atoms with Crippen LogP contribution < -0.4 is 4.74 Å². The van der Waals surface area contributed by atoms with Crippen LogP contribution in [0, 0.1) is 17.2 Å². The first kappa shape index (κ1) is 21.0. The van der Waals surface area contributed by atoms with Crippen molar-refractivity contribution in [3.63, 3.8) is 0 Å². The fourth-order valence-corrected chi connectivity index (χ4v) is 5.67. The third-order valence-electron chi connectivity index (χ3n) is 7.38. The Morgan fingerprint density at radius 1 is 1.25 bits per heavy atom. The molecule has 1 aromatic heterocycles. The van der Waals surface area contributed by atoms with Crippen molar-refractivity contribution in [2.45, 2.75) is 45.1 Å². The average molecular weight is 433 g/mol. The van der Waals surface area contributed by atoms with Crippen molar-refractivity contribution in [2.24, 2.45) is 11.3 Å². The van der Waals surface area contributed by atoms with Crippen LogP contribution in [0.1, 0.15) is 43.0 Å².